The minimum atomic E-state index is 0.00474. The molecule has 2 bridgehead atoms. The number of benzene rings is 2. The summed E-state index contributed by atoms with van der Waals surface area (Å²) in [5.74, 6) is 1.83. The average molecular weight is 435 g/mol. The first-order valence-corrected chi connectivity index (χ1v) is 12.6. The second-order valence-electron chi connectivity index (χ2n) is 9.52. The molecule has 4 rings (SSSR count). The molecule has 1 amide bonds. The fourth-order valence-corrected chi connectivity index (χ4v) is 4.49. The summed E-state index contributed by atoms with van der Waals surface area (Å²) < 4.78 is 6.19. The molecule has 4 nitrogen and oxygen atoms in total. The summed E-state index contributed by atoms with van der Waals surface area (Å²) in [6, 6.07) is 14.9. The Morgan fingerprint density at radius 3 is 2.81 bits per heavy atom. The van der Waals surface area contributed by atoms with E-state index in [0.29, 0.717) is 0 Å². The topological polar surface area (TPSA) is 41.6 Å². The van der Waals surface area contributed by atoms with E-state index in [1.54, 1.807) is 0 Å². The van der Waals surface area contributed by atoms with Gasteiger partial charge in [-0.15, -0.1) is 0 Å². The molecule has 2 aliphatic rings. The number of rotatable bonds is 6. The molecule has 0 aromatic heterocycles. The van der Waals surface area contributed by atoms with Gasteiger partial charge in [-0.3, -0.25) is 9.69 Å². The molecular weight excluding hydrogens is 396 g/mol. The number of hydrogen-bond donors (Lipinski definition) is 1. The van der Waals surface area contributed by atoms with Crippen molar-refractivity contribution in [3.05, 3.63) is 64.7 Å². The van der Waals surface area contributed by atoms with Crippen LogP contribution in [0.2, 0.25) is 0 Å². The van der Waals surface area contributed by atoms with E-state index in [2.05, 4.69) is 41.4 Å². The third-order valence-electron chi connectivity index (χ3n) is 6.52. The normalized spacial score (nSPS) is 17.7. The van der Waals surface area contributed by atoms with Gasteiger partial charge < -0.3 is 10.1 Å². The molecule has 2 aromatic rings. The van der Waals surface area contributed by atoms with Gasteiger partial charge in [0.15, 0.2) is 0 Å². The first-order chi connectivity index (χ1) is 15.7. The fourth-order valence-electron chi connectivity index (χ4n) is 4.49. The molecule has 0 atom stereocenters. The molecule has 172 valence electrons. The number of nitrogens with zero attached hydrogens (tertiary/aromatic N) is 1. The van der Waals surface area contributed by atoms with Crippen LogP contribution in [0.25, 0.3) is 0 Å². The van der Waals surface area contributed by atoms with E-state index in [1.165, 1.54) is 49.9 Å². The van der Waals surface area contributed by atoms with Gasteiger partial charge in [0.05, 0.1) is 6.61 Å². The molecule has 1 saturated carbocycles. The van der Waals surface area contributed by atoms with Crippen LogP contribution in [0.15, 0.2) is 42.5 Å². The third-order valence-corrected chi connectivity index (χ3v) is 6.52. The van der Waals surface area contributed by atoms with Gasteiger partial charge >= 0.3 is 0 Å². The zero-order valence-electron chi connectivity index (χ0n) is 19.6. The minimum Gasteiger partial charge on any atom is -0.493 e. The fraction of sp³-hybridized carbons (Fsp3) is 0.536. The molecule has 2 aromatic carbocycles. The van der Waals surface area contributed by atoms with Crippen LogP contribution < -0.4 is 10.1 Å². The van der Waals surface area contributed by atoms with Crippen molar-refractivity contribution in [3.63, 3.8) is 0 Å². The van der Waals surface area contributed by atoms with Crippen LogP contribution in [0, 0.1) is 5.92 Å². The zero-order valence-corrected chi connectivity index (χ0v) is 19.6. The SMILES string of the molecule is CCCCNC(=O)c1ccc2c(c1)Cc1cccc(c1)CN(CC1CC1)CCCCCO2. The summed E-state index contributed by atoms with van der Waals surface area (Å²) in [5, 5.41) is 3.04. The van der Waals surface area contributed by atoms with Crippen molar-refractivity contribution in [3.8, 4) is 5.75 Å². The number of unbranched alkanes of at least 4 members (excludes halogenated alkanes) is 1. The Balaban J connectivity index is 1.54. The van der Waals surface area contributed by atoms with Gasteiger partial charge in [0, 0.05) is 31.6 Å². The van der Waals surface area contributed by atoms with Gasteiger partial charge in [0.25, 0.3) is 5.91 Å². The van der Waals surface area contributed by atoms with Crippen LogP contribution in [0.4, 0.5) is 0 Å². The highest BCUT2D eigenvalue weighted by atomic mass is 16.5. The first kappa shape index (κ1) is 22.8. The largest absolute Gasteiger partial charge is 0.493 e. The summed E-state index contributed by atoms with van der Waals surface area (Å²) in [4.78, 5) is 15.3. The van der Waals surface area contributed by atoms with Gasteiger partial charge in [0.2, 0.25) is 0 Å². The predicted molar refractivity (Wildman–Crippen MR) is 130 cm³/mol. The zero-order chi connectivity index (χ0) is 22.2. The molecule has 0 radical (unpaired) electrons. The summed E-state index contributed by atoms with van der Waals surface area (Å²) in [6.45, 7) is 7.04. The second kappa shape index (κ2) is 11.5. The Morgan fingerprint density at radius 2 is 1.97 bits per heavy atom. The lowest BCUT2D eigenvalue weighted by Gasteiger charge is -2.23. The molecule has 0 spiro atoms. The lowest BCUT2D eigenvalue weighted by molar-refractivity contribution is 0.0953. The molecular formula is C28H38N2O2. The number of hydrogen-bond acceptors (Lipinski definition) is 3. The van der Waals surface area contributed by atoms with Crippen molar-refractivity contribution >= 4 is 5.91 Å². The smallest absolute Gasteiger partial charge is 0.251 e. The standard InChI is InChI=1S/C28H38N2O2/c1-2-3-14-29-28(31)25-12-13-27-26(19-25)18-23-8-7-9-24(17-23)21-30(20-22-10-11-22)15-5-4-6-16-32-27/h7-9,12-13,17,19,22H,2-6,10-11,14-16,18,20-21H2,1H3,(H,29,31). The molecule has 0 saturated heterocycles. The van der Waals surface area contributed by atoms with E-state index in [4.69, 9.17) is 4.74 Å². The number of carbonyl (C=O) groups is 1. The van der Waals surface area contributed by atoms with Gasteiger partial charge in [-0.1, -0.05) is 37.6 Å². The Kier molecular flexibility index (Phi) is 8.22. The Morgan fingerprint density at radius 1 is 1.09 bits per heavy atom. The molecule has 1 fully saturated rings. The monoisotopic (exact) mass is 434 g/mol. The first-order valence-electron chi connectivity index (χ1n) is 12.6. The van der Waals surface area contributed by atoms with Crippen LogP contribution >= 0.6 is 0 Å². The van der Waals surface area contributed by atoms with Crippen LogP contribution in [-0.2, 0) is 13.0 Å². The van der Waals surface area contributed by atoms with E-state index < -0.39 is 0 Å². The Bertz CT molecular complexity index is 891. The lowest BCUT2D eigenvalue weighted by Crippen LogP contribution is -2.27. The molecule has 1 N–H and O–H groups in total. The van der Waals surface area contributed by atoms with Crippen LogP contribution in [0.1, 0.15) is 78.9 Å². The molecule has 1 heterocycles. The number of ether oxygens (including phenoxy) is 1. The summed E-state index contributed by atoms with van der Waals surface area (Å²) >= 11 is 0. The van der Waals surface area contributed by atoms with Gasteiger partial charge in [-0.25, -0.2) is 0 Å². The highest BCUT2D eigenvalue weighted by molar-refractivity contribution is 5.94. The third kappa shape index (κ3) is 6.83. The van der Waals surface area contributed by atoms with E-state index in [9.17, 15) is 4.79 Å². The number of amides is 1. The number of nitrogens with one attached hydrogen (secondary N) is 1. The lowest BCUT2D eigenvalue weighted by atomic mass is 9.99. The van der Waals surface area contributed by atoms with Crippen molar-refractivity contribution < 1.29 is 9.53 Å². The van der Waals surface area contributed by atoms with E-state index in [0.717, 1.165) is 68.2 Å². The molecule has 1 aliphatic heterocycles. The highest BCUT2D eigenvalue weighted by Gasteiger charge is 2.24. The number of fused-ring (bicyclic) bond motifs is 3. The minimum absolute atomic E-state index is 0.00474. The predicted octanol–water partition coefficient (Wildman–Crippen LogP) is 5.58. The van der Waals surface area contributed by atoms with Crippen molar-refractivity contribution in [2.24, 2.45) is 5.92 Å². The summed E-state index contributed by atoms with van der Waals surface area (Å²) in [6.07, 6.45) is 9.14. The molecule has 1 aliphatic carbocycles. The number of carbonyl (C=O) groups excluding carboxylic acids is 1. The van der Waals surface area contributed by atoms with Crippen LogP contribution in [0.5, 0.6) is 5.75 Å². The van der Waals surface area contributed by atoms with Crippen molar-refractivity contribution in [1.29, 1.82) is 0 Å². The maximum Gasteiger partial charge on any atom is 0.251 e. The van der Waals surface area contributed by atoms with E-state index in [1.807, 2.05) is 18.2 Å². The maximum atomic E-state index is 12.6. The van der Waals surface area contributed by atoms with Crippen molar-refractivity contribution in [2.45, 2.75) is 64.8 Å². The summed E-state index contributed by atoms with van der Waals surface area (Å²) in [7, 11) is 0. The van der Waals surface area contributed by atoms with E-state index in [-0.39, 0.29) is 5.91 Å². The van der Waals surface area contributed by atoms with Crippen molar-refractivity contribution in [1.82, 2.24) is 10.2 Å². The Labute approximate surface area is 193 Å². The van der Waals surface area contributed by atoms with Gasteiger partial charge in [-0.2, -0.15) is 0 Å². The molecule has 0 unspecified atom stereocenters. The van der Waals surface area contributed by atoms with E-state index >= 15 is 0 Å². The van der Waals surface area contributed by atoms with Crippen molar-refractivity contribution in [2.75, 3.05) is 26.2 Å². The van der Waals surface area contributed by atoms with Crippen LogP contribution in [0.3, 0.4) is 0 Å². The van der Waals surface area contributed by atoms with Gasteiger partial charge in [-0.05, 0) is 85.9 Å². The molecule has 32 heavy (non-hydrogen) atoms. The van der Waals surface area contributed by atoms with Crippen LogP contribution in [-0.4, -0.2) is 37.0 Å². The Hall–Kier alpha value is -2.33. The highest BCUT2D eigenvalue weighted by Crippen LogP contribution is 2.31. The quantitative estimate of drug-likeness (QED) is 0.603. The van der Waals surface area contributed by atoms with Gasteiger partial charge in [0.1, 0.15) is 5.75 Å². The second-order valence-corrected chi connectivity index (χ2v) is 9.52. The molecule has 4 heteroatoms. The maximum absolute atomic E-state index is 12.6. The summed E-state index contributed by atoms with van der Waals surface area (Å²) in [5.41, 5.74) is 4.48. The average Bonchev–Trinajstić information content (AvgIpc) is 3.60.